The Bertz CT molecular complexity index is 424. The van der Waals surface area contributed by atoms with E-state index in [1.807, 2.05) is 30.3 Å². The molecular formula is C14H19N3O2. The summed E-state index contributed by atoms with van der Waals surface area (Å²) in [4.78, 5) is 22.7. The summed E-state index contributed by atoms with van der Waals surface area (Å²) in [5.41, 5.74) is 1.08. The summed E-state index contributed by atoms with van der Waals surface area (Å²) in [6.07, 6.45) is 1.32. The maximum absolute atomic E-state index is 11.7. The van der Waals surface area contributed by atoms with Crippen LogP contribution in [0.1, 0.15) is 18.4 Å². The normalized spacial score (nSPS) is 18.7. The van der Waals surface area contributed by atoms with E-state index in [1.54, 1.807) is 0 Å². The monoisotopic (exact) mass is 261 g/mol. The van der Waals surface area contributed by atoms with Crippen molar-refractivity contribution >= 4 is 11.8 Å². The second kappa shape index (κ2) is 6.89. The molecule has 0 saturated carbocycles. The SMILES string of the molecule is O=C1CCC(NCC(=O)NCc2ccccc2)CN1. The molecule has 2 rings (SSSR count). The van der Waals surface area contributed by atoms with Gasteiger partial charge in [-0.15, -0.1) is 0 Å². The number of nitrogens with one attached hydrogen (secondary N) is 3. The third-order valence-corrected chi connectivity index (χ3v) is 3.15. The van der Waals surface area contributed by atoms with E-state index in [1.165, 1.54) is 0 Å². The largest absolute Gasteiger partial charge is 0.355 e. The minimum atomic E-state index is -0.0271. The number of carbonyl (C=O) groups is 2. The lowest BCUT2D eigenvalue weighted by Gasteiger charge is -2.23. The lowest BCUT2D eigenvalue weighted by Crippen LogP contribution is -2.48. The standard InChI is InChI=1S/C14H19N3O2/c18-13-7-6-12(9-17-13)15-10-14(19)16-8-11-4-2-1-3-5-11/h1-5,12,15H,6-10H2,(H,16,19)(H,17,18). The fraction of sp³-hybridized carbons (Fsp3) is 0.429. The molecule has 2 amide bonds. The van der Waals surface area contributed by atoms with Crippen LogP contribution < -0.4 is 16.0 Å². The number of rotatable bonds is 5. The van der Waals surface area contributed by atoms with E-state index < -0.39 is 0 Å². The summed E-state index contributed by atoms with van der Waals surface area (Å²) >= 11 is 0. The van der Waals surface area contributed by atoms with Crippen molar-refractivity contribution in [3.63, 3.8) is 0 Å². The molecule has 5 heteroatoms. The third-order valence-electron chi connectivity index (χ3n) is 3.15. The number of piperidine rings is 1. The highest BCUT2D eigenvalue weighted by Crippen LogP contribution is 2.02. The zero-order chi connectivity index (χ0) is 13.5. The summed E-state index contributed by atoms with van der Waals surface area (Å²) in [7, 11) is 0. The Kier molecular flexibility index (Phi) is 4.92. The number of amides is 2. The summed E-state index contributed by atoms with van der Waals surface area (Å²) in [6, 6.07) is 9.99. The Labute approximate surface area is 112 Å². The molecule has 3 N–H and O–H groups in total. The van der Waals surface area contributed by atoms with Gasteiger partial charge in [0.2, 0.25) is 11.8 Å². The van der Waals surface area contributed by atoms with E-state index in [2.05, 4.69) is 16.0 Å². The third kappa shape index (κ3) is 4.71. The van der Waals surface area contributed by atoms with Gasteiger partial charge in [-0.1, -0.05) is 30.3 Å². The van der Waals surface area contributed by atoms with Crippen LogP contribution in [0, 0.1) is 0 Å². The van der Waals surface area contributed by atoms with Crippen LogP contribution in [0.25, 0.3) is 0 Å². The Morgan fingerprint density at radius 2 is 2.11 bits per heavy atom. The van der Waals surface area contributed by atoms with Gasteiger partial charge in [-0.25, -0.2) is 0 Å². The van der Waals surface area contributed by atoms with Crippen LogP contribution in [-0.4, -0.2) is 30.9 Å². The van der Waals surface area contributed by atoms with E-state index in [0.717, 1.165) is 12.0 Å². The first-order valence-corrected chi connectivity index (χ1v) is 6.55. The highest BCUT2D eigenvalue weighted by molar-refractivity contribution is 5.78. The van der Waals surface area contributed by atoms with E-state index >= 15 is 0 Å². The van der Waals surface area contributed by atoms with Crippen LogP contribution in [0.5, 0.6) is 0 Å². The van der Waals surface area contributed by atoms with Gasteiger partial charge in [0.25, 0.3) is 0 Å². The van der Waals surface area contributed by atoms with Gasteiger partial charge < -0.3 is 16.0 Å². The smallest absolute Gasteiger partial charge is 0.234 e. The first-order valence-electron chi connectivity index (χ1n) is 6.55. The molecule has 19 heavy (non-hydrogen) atoms. The average molecular weight is 261 g/mol. The van der Waals surface area contributed by atoms with Crippen LogP contribution in [0.2, 0.25) is 0 Å². The van der Waals surface area contributed by atoms with Crippen molar-refractivity contribution in [3.05, 3.63) is 35.9 Å². The van der Waals surface area contributed by atoms with Crippen molar-refractivity contribution < 1.29 is 9.59 Å². The highest BCUT2D eigenvalue weighted by Gasteiger charge is 2.17. The predicted molar refractivity (Wildman–Crippen MR) is 72.3 cm³/mol. The molecule has 1 aromatic carbocycles. The van der Waals surface area contributed by atoms with E-state index in [-0.39, 0.29) is 24.4 Å². The van der Waals surface area contributed by atoms with Gasteiger partial charge >= 0.3 is 0 Å². The molecule has 1 fully saturated rings. The van der Waals surface area contributed by atoms with Crippen LogP contribution in [-0.2, 0) is 16.1 Å². The van der Waals surface area contributed by atoms with Gasteiger partial charge in [0, 0.05) is 25.6 Å². The van der Waals surface area contributed by atoms with E-state index in [9.17, 15) is 9.59 Å². The van der Waals surface area contributed by atoms with Crippen molar-refractivity contribution in [2.75, 3.05) is 13.1 Å². The van der Waals surface area contributed by atoms with Crippen LogP contribution in [0.4, 0.5) is 0 Å². The van der Waals surface area contributed by atoms with Gasteiger partial charge in [-0.05, 0) is 12.0 Å². The van der Waals surface area contributed by atoms with Crippen molar-refractivity contribution in [3.8, 4) is 0 Å². The second-order valence-electron chi connectivity index (χ2n) is 4.68. The van der Waals surface area contributed by atoms with E-state index in [0.29, 0.717) is 19.5 Å². The molecule has 1 aromatic rings. The number of benzene rings is 1. The average Bonchev–Trinajstić information content (AvgIpc) is 2.45. The summed E-state index contributed by atoms with van der Waals surface area (Å²) in [5, 5.41) is 8.79. The molecule has 1 aliphatic heterocycles. The Hall–Kier alpha value is -1.88. The Morgan fingerprint density at radius 1 is 1.32 bits per heavy atom. The maximum Gasteiger partial charge on any atom is 0.234 e. The quantitative estimate of drug-likeness (QED) is 0.707. The van der Waals surface area contributed by atoms with Crippen LogP contribution in [0.3, 0.4) is 0 Å². The molecule has 102 valence electrons. The highest BCUT2D eigenvalue weighted by atomic mass is 16.2. The van der Waals surface area contributed by atoms with Gasteiger partial charge in [-0.3, -0.25) is 9.59 Å². The molecule has 0 aliphatic carbocycles. The molecule has 1 atom stereocenters. The van der Waals surface area contributed by atoms with Gasteiger partial charge in [-0.2, -0.15) is 0 Å². The first-order chi connectivity index (χ1) is 9.24. The maximum atomic E-state index is 11.7. The Balaban J connectivity index is 1.63. The van der Waals surface area contributed by atoms with E-state index in [4.69, 9.17) is 0 Å². The summed E-state index contributed by atoms with van der Waals surface area (Å²) in [5.74, 6) is 0.0623. The van der Waals surface area contributed by atoms with Gasteiger partial charge in [0.15, 0.2) is 0 Å². The summed E-state index contributed by atoms with van der Waals surface area (Å²) in [6.45, 7) is 1.43. The number of carbonyl (C=O) groups excluding carboxylic acids is 2. The van der Waals surface area contributed by atoms with Crippen molar-refractivity contribution in [1.82, 2.24) is 16.0 Å². The van der Waals surface area contributed by atoms with Crippen LogP contribution in [0.15, 0.2) is 30.3 Å². The molecule has 0 radical (unpaired) electrons. The predicted octanol–water partition coefficient (Wildman–Crippen LogP) is 0.171. The zero-order valence-corrected chi connectivity index (χ0v) is 10.8. The minimum Gasteiger partial charge on any atom is -0.355 e. The lowest BCUT2D eigenvalue weighted by molar-refractivity contribution is -0.122. The number of hydrogen-bond acceptors (Lipinski definition) is 3. The number of hydrogen-bond donors (Lipinski definition) is 3. The van der Waals surface area contributed by atoms with Crippen molar-refractivity contribution in [2.24, 2.45) is 0 Å². The molecular weight excluding hydrogens is 242 g/mol. The minimum absolute atomic E-state index is 0.0271. The van der Waals surface area contributed by atoms with Crippen LogP contribution >= 0.6 is 0 Å². The molecule has 1 aliphatic rings. The molecule has 0 spiro atoms. The topological polar surface area (TPSA) is 70.2 Å². The first kappa shape index (κ1) is 13.5. The summed E-state index contributed by atoms with van der Waals surface area (Å²) < 4.78 is 0. The molecule has 1 heterocycles. The lowest BCUT2D eigenvalue weighted by atomic mass is 10.1. The Morgan fingerprint density at radius 3 is 2.79 bits per heavy atom. The molecule has 1 unspecified atom stereocenters. The van der Waals surface area contributed by atoms with Gasteiger partial charge in [0.05, 0.1) is 6.54 Å². The van der Waals surface area contributed by atoms with Crippen molar-refractivity contribution in [1.29, 1.82) is 0 Å². The fourth-order valence-corrected chi connectivity index (χ4v) is 2.00. The molecule has 0 aromatic heterocycles. The molecule has 0 bridgehead atoms. The molecule has 1 saturated heterocycles. The zero-order valence-electron chi connectivity index (χ0n) is 10.8. The molecule has 5 nitrogen and oxygen atoms in total. The van der Waals surface area contributed by atoms with Gasteiger partial charge in [0.1, 0.15) is 0 Å². The second-order valence-corrected chi connectivity index (χ2v) is 4.68. The van der Waals surface area contributed by atoms with Crippen molar-refractivity contribution in [2.45, 2.75) is 25.4 Å². The fourth-order valence-electron chi connectivity index (χ4n) is 2.00.